The van der Waals surface area contributed by atoms with E-state index < -0.39 is 23.8 Å². The number of carbonyl (C=O) groups excluding carboxylic acids is 2. The van der Waals surface area contributed by atoms with Gasteiger partial charge in [-0.05, 0) is 42.7 Å². The molecule has 2 aromatic rings. The molecule has 9 nitrogen and oxygen atoms in total. The fourth-order valence-electron chi connectivity index (χ4n) is 2.95. The molecule has 1 aliphatic rings. The van der Waals surface area contributed by atoms with Gasteiger partial charge in [-0.15, -0.1) is 5.10 Å². The minimum absolute atomic E-state index is 0.000642. The number of fused-ring (bicyclic) bond motifs is 1. The average Bonchev–Trinajstić information content (AvgIpc) is 3.08. The first-order chi connectivity index (χ1) is 12.4. The third-order valence-electron chi connectivity index (χ3n) is 4.05. The van der Waals surface area contributed by atoms with Gasteiger partial charge in [-0.25, -0.2) is 9.42 Å². The summed E-state index contributed by atoms with van der Waals surface area (Å²) in [6.45, 7) is 5.16. The molecule has 0 amide bonds. The van der Waals surface area contributed by atoms with E-state index >= 15 is 0 Å². The van der Waals surface area contributed by atoms with Crippen LogP contribution in [0.2, 0.25) is 0 Å². The first kappa shape index (κ1) is 17.7. The molecule has 1 aliphatic heterocycles. The van der Waals surface area contributed by atoms with Crippen LogP contribution < -0.4 is 0 Å². The zero-order valence-corrected chi connectivity index (χ0v) is 14.8. The number of rotatable bonds is 4. The summed E-state index contributed by atoms with van der Waals surface area (Å²) >= 11 is 0. The Bertz CT molecular complexity index is 915. The Balaban J connectivity index is 2.17. The van der Waals surface area contributed by atoms with Crippen molar-refractivity contribution >= 4 is 34.4 Å². The maximum atomic E-state index is 12.8. The first-order valence-corrected chi connectivity index (χ1v) is 8.06. The van der Waals surface area contributed by atoms with E-state index in [4.69, 9.17) is 14.1 Å². The first-order valence-electron chi connectivity index (χ1n) is 8.06. The lowest BCUT2D eigenvalue weighted by Crippen LogP contribution is -2.40. The van der Waals surface area contributed by atoms with Crippen molar-refractivity contribution in [3.05, 3.63) is 23.8 Å². The van der Waals surface area contributed by atoms with Gasteiger partial charge in [0.1, 0.15) is 17.0 Å². The lowest BCUT2D eigenvalue weighted by molar-refractivity contribution is -0.150. The number of esters is 2. The van der Waals surface area contributed by atoms with Gasteiger partial charge >= 0.3 is 11.9 Å². The van der Waals surface area contributed by atoms with Crippen molar-refractivity contribution in [2.24, 2.45) is 16.1 Å². The molecule has 136 valence electrons. The predicted molar refractivity (Wildman–Crippen MR) is 91.8 cm³/mol. The van der Waals surface area contributed by atoms with E-state index in [9.17, 15) is 9.59 Å². The van der Waals surface area contributed by atoms with Gasteiger partial charge in [0.25, 0.3) is 0 Å². The van der Waals surface area contributed by atoms with Gasteiger partial charge in [-0.1, -0.05) is 12.1 Å². The number of methoxy groups -OCH3 is 1. The minimum Gasteiger partial charge on any atom is -0.464 e. The SMILES string of the molecule is COC(=O)C1=NN=C(C)C(C(=O)OC(C)C)C1c1cccc2nonc12. The molecule has 2 atom stereocenters. The largest absolute Gasteiger partial charge is 0.464 e. The number of hydrogen-bond donors (Lipinski definition) is 0. The number of benzene rings is 1. The molecule has 3 rings (SSSR count). The smallest absolute Gasteiger partial charge is 0.354 e. The van der Waals surface area contributed by atoms with Gasteiger partial charge in [0, 0.05) is 0 Å². The average molecular weight is 358 g/mol. The Hall–Kier alpha value is -3.10. The Morgan fingerprint density at radius 2 is 1.96 bits per heavy atom. The Kier molecular flexibility index (Phi) is 4.79. The van der Waals surface area contributed by atoms with E-state index in [1.165, 1.54) is 7.11 Å². The van der Waals surface area contributed by atoms with E-state index in [1.807, 2.05) is 0 Å². The van der Waals surface area contributed by atoms with Gasteiger partial charge < -0.3 is 9.47 Å². The molecule has 26 heavy (non-hydrogen) atoms. The molecule has 0 spiro atoms. The van der Waals surface area contributed by atoms with Crippen LogP contribution in [-0.4, -0.2) is 46.9 Å². The minimum atomic E-state index is -0.841. The van der Waals surface area contributed by atoms with Gasteiger partial charge in [0.15, 0.2) is 5.71 Å². The second-order valence-electron chi connectivity index (χ2n) is 6.14. The maximum Gasteiger partial charge on any atom is 0.354 e. The topological polar surface area (TPSA) is 116 Å². The summed E-state index contributed by atoms with van der Waals surface area (Å²) in [5.41, 5.74) is 1.93. The zero-order chi connectivity index (χ0) is 18.8. The van der Waals surface area contributed by atoms with Crippen molar-refractivity contribution in [3.63, 3.8) is 0 Å². The van der Waals surface area contributed by atoms with E-state index in [2.05, 4.69) is 20.5 Å². The summed E-state index contributed by atoms with van der Waals surface area (Å²) < 4.78 is 15.0. The number of nitrogens with zero attached hydrogens (tertiary/aromatic N) is 4. The van der Waals surface area contributed by atoms with Gasteiger partial charge in [0.2, 0.25) is 0 Å². The highest BCUT2D eigenvalue weighted by Crippen LogP contribution is 2.35. The van der Waals surface area contributed by atoms with E-state index in [1.54, 1.807) is 39.0 Å². The fraction of sp³-hybridized carbons (Fsp3) is 0.412. The molecule has 2 heterocycles. The quantitative estimate of drug-likeness (QED) is 0.766. The van der Waals surface area contributed by atoms with Crippen LogP contribution in [0.1, 0.15) is 32.3 Å². The highest BCUT2D eigenvalue weighted by Gasteiger charge is 2.43. The standard InChI is InChI=1S/C17H18N4O5/c1-8(2)25-16(22)12-9(3)18-19-15(17(23)24-4)13(12)10-6-5-7-11-14(10)21-26-20-11/h5-8,12-13H,1-4H3. The molecule has 0 saturated heterocycles. The summed E-state index contributed by atoms with van der Waals surface area (Å²) in [4.78, 5) is 25.1. The molecule has 0 radical (unpaired) electrons. The summed E-state index contributed by atoms with van der Waals surface area (Å²) in [5, 5.41) is 15.7. The van der Waals surface area contributed by atoms with Crippen LogP contribution in [0.3, 0.4) is 0 Å². The van der Waals surface area contributed by atoms with Crippen LogP contribution >= 0.6 is 0 Å². The summed E-state index contributed by atoms with van der Waals surface area (Å²) in [7, 11) is 1.24. The summed E-state index contributed by atoms with van der Waals surface area (Å²) in [6.07, 6.45) is -0.319. The van der Waals surface area contributed by atoms with Crippen molar-refractivity contribution in [2.75, 3.05) is 7.11 Å². The molecule has 0 bridgehead atoms. The molecule has 0 aliphatic carbocycles. The van der Waals surface area contributed by atoms with Crippen molar-refractivity contribution in [1.29, 1.82) is 0 Å². The molecular weight excluding hydrogens is 340 g/mol. The van der Waals surface area contributed by atoms with Gasteiger partial charge in [-0.3, -0.25) is 4.79 Å². The predicted octanol–water partition coefficient (Wildman–Crippen LogP) is 1.88. The number of aromatic nitrogens is 2. The third-order valence-corrected chi connectivity index (χ3v) is 4.05. The number of hydrogen-bond acceptors (Lipinski definition) is 9. The Morgan fingerprint density at radius 1 is 1.19 bits per heavy atom. The second kappa shape index (κ2) is 7.03. The van der Waals surface area contributed by atoms with Crippen LogP contribution in [0, 0.1) is 5.92 Å². The maximum absolute atomic E-state index is 12.8. The van der Waals surface area contributed by atoms with Crippen molar-refractivity contribution in [3.8, 4) is 0 Å². The van der Waals surface area contributed by atoms with Crippen molar-refractivity contribution < 1.29 is 23.7 Å². The highest BCUT2D eigenvalue weighted by molar-refractivity contribution is 6.40. The van der Waals surface area contributed by atoms with Crippen LogP contribution in [-0.2, 0) is 19.1 Å². The number of carbonyl (C=O) groups is 2. The lowest BCUT2D eigenvalue weighted by atomic mass is 9.78. The van der Waals surface area contributed by atoms with Crippen LogP contribution in [0.5, 0.6) is 0 Å². The van der Waals surface area contributed by atoms with E-state index in [0.717, 1.165) is 0 Å². The van der Waals surface area contributed by atoms with E-state index in [0.29, 0.717) is 22.3 Å². The summed E-state index contributed by atoms with van der Waals surface area (Å²) in [5.74, 6) is -2.80. The zero-order valence-electron chi connectivity index (χ0n) is 14.8. The lowest BCUT2D eigenvalue weighted by Gasteiger charge is -2.28. The van der Waals surface area contributed by atoms with Crippen molar-refractivity contribution in [1.82, 2.24) is 10.3 Å². The molecule has 1 aromatic carbocycles. The fourth-order valence-corrected chi connectivity index (χ4v) is 2.95. The van der Waals surface area contributed by atoms with Crippen LogP contribution in [0.25, 0.3) is 11.0 Å². The van der Waals surface area contributed by atoms with Gasteiger partial charge in [-0.2, -0.15) is 5.10 Å². The third kappa shape index (κ3) is 3.07. The molecular formula is C17H18N4O5. The highest BCUT2D eigenvalue weighted by atomic mass is 16.6. The molecule has 0 fully saturated rings. The second-order valence-corrected chi connectivity index (χ2v) is 6.14. The molecule has 0 saturated carbocycles. The van der Waals surface area contributed by atoms with Gasteiger partial charge in [0.05, 0.1) is 24.8 Å². The molecule has 1 aromatic heterocycles. The number of ether oxygens (including phenoxy) is 2. The Morgan fingerprint density at radius 3 is 2.65 bits per heavy atom. The monoisotopic (exact) mass is 358 g/mol. The van der Waals surface area contributed by atoms with Crippen LogP contribution in [0.4, 0.5) is 0 Å². The molecule has 2 unspecified atom stereocenters. The molecule has 9 heteroatoms. The Labute approximate surface area is 149 Å². The van der Waals surface area contributed by atoms with E-state index in [-0.39, 0.29) is 11.8 Å². The normalized spacial score (nSPS) is 19.9. The summed E-state index contributed by atoms with van der Waals surface area (Å²) in [6, 6.07) is 5.20. The van der Waals surface area contributed by atoms with Crippen LogP contribution in [0.15, 0.2) is 33.0 Å². The molecule has 0 N–H and O–H groups in total. The van der Waals surface area contributed by atoms with Crippen molar-refractivity contribution in [2.45, 2.75) is 32.8 Å².